The van der Waals surface area contributed by atoms with Crippen molar-refractivity contribution in [1.82, 2.24) is 0 Å². The minimum atomic E-state index is -0.864. The fourth-order valence-electron chi connectivity index (χ4n) is 3.21. The molecule has 0 aromatic rings. The lowest BCUT2D eigenvalue weighted by Crippen LogP contribution is -2.38. The van der Waals surface area contributed by atoms with E-state index >= 15 is 0 Å². The first kappa shape index (κ1) is 19.0. The summed E-state index contributed by atoms with van der Waals surface area (Å²) in [7, 11) is 0. The molecule has 4 heteroatoms. The van der Waals surface area contributed by atoms with Gasteiger partial charge in [-0.05, 0) is 45.4 Å². The Morgan fingerprint density at radius 2 is 1.73 bits per heavy atom. The van der Waals surface area contributed by atoms with E-state index in [2.05, 4.69) is 13.8 Å². The zero-order valence-electron chi connectivity index (χ0n) is 14.6. The zero-order chi connectivity index (χ0) is 16.8. The Kier molecular flexibility index (Phi) is 7.37. The Hall–Kier alpha value is -1.06. The fourth-order valence-corrected chi connectivity index (χ4v) is 3.21. The predicted molar refractivity (Wildman–Crippen MR) is 86.6 cm³/mol. The van der Waals surface area contributed by atoms with Crippen molar-refractivity contribution >= 4 is 11.9 Å². The number of rotatable bonds is 8. The van der Waals surface area contributed by atoms with E-state index in [1.165, 1.54) is 6.42 Å². The van der Waals surface area contributed by atoms with Gasteiger partial charge in [-0.2, -0.15) is 0 Å². The van der Waals surface area contributed by atoms with Gasteiger partial charge < -0.3 is 9.84 Å². The lowest BCUT2D eigenvalue weighted by Gasteiger charge is -2.32. The van der Waals surface area contributed by atoms with Gasteiger partial charge in [-0.1, -0.05) is 39.5 Å². The Morgan fingerprint density at radius 3 is 2.27 bits per heavy atom. The standard InChI is InChI=1S/C18H32O4/c1-13(2)9-7-8-12-18(3,4)22-17(21)15-11-6-5-10-14(15)16(19)20/h13-15H,5-12H2,1-4H3,(H,19,20). The number of aliphatic carboxylic acids is 1. The van der Waals surface area contributed by atoms with E-state index in [-0.39, 0.29) is 5.97 Å². The summed E-state index contributed by atoms with van der Waals surface area (Å²) in [6.45, 7) is 8.28. The number of unbranched alkanes of at least 4 members (excludes halogenated alkanes) is 1. The monoisotopic (exact) mass is 312 g/mol. The van der Waals surface area contributed by atoms with Crippen LogP contribution in [0.25, 0.3) is 0 Å². The second kappa shape index (κ2) is 8.54. The average molecular weight is 312 g/mol. The molecule has 1 N–H and O–H groups in total. The minimum absolute atomic E-state index is 0.319. The van der Waals surface area contributed by atoms with Crippen LogP contribution in [-0.2, 0) is 14.3 Å². The summed E-state index contributed by atoms with van der Waals surface area (Å²) in [5.41, 5.74) is -0.505. The molecule has 0 radical (unpaired) electrons. The summed E-state index contributed by atoms with van der Waals surface area (Å²) in [6, 6.07) is 0. The molecule has 4 nitrogen and oxygen atoms in total. The molecule has 1 rings (SSSR count). The highest BCUT2D eigenvalue weighted by Gasteiger charge is 2.38. The van der Waals surface area contributed by atoms with Gasteiger partial charge in [0.1, 0.15) is 5.60 Å². The van der Waals surface area contributed by atoms with E-state index < -0.39 is 23.4 Å². The van der Waals surface area contributed by atoms with Crippen molar-refractivity contribution in [2.75, 3.05) is 0 Å². The lowest BCUT2D eigenvalue weighted by molar-refractivity contribution is -0.170. The van der Waals surface area contributed by atoms with E-state index in [4.69, 9.17) is 4.74 Å². The number of hydrogen-bond donors (Lipinski definition) is 1. The van der Waals surface area contributed by atoms with Gasteiger partial charge in [0, 0.05) is 0 Å². The van der Waals surface area contributed by atoms with Gasteiger partial charge in [-0.3, -0.25) is 9.59 Å². The average Bonchev–Trinajstić information content (AvgIpc) is 2.43. The van der Waals surface area contributed by atoms with Gasteiger partial charge >= 0.3 is 11.9 Å². The van der Waals surface area contributed by atoms with E-state index in [1.807, 2.05) is 13.8 Å². The summed E-state index contributed by atoms with van der Waals surface area (Å²) >= 11 is 0. The summed E-state index contributed by atoms with van der Waals surface area (Å²) in [6.07, 6.45) is 7.22. The third-order valence-electron chi connectivity index (χ3n) is 4.57. The van der Waals surface area contributed by atoms with Crippen molar-refractivity contribution < 1.29 is 19.4 Å². The van der Waals surface area contributed by atoms with Gasteiger partial charge in [0.15, 0.2) is 0 Å². The maximum Gasteiger partial charge on any atom is 0.310 e. The first-order valence-electron chi connectivity index (χ1n) is 8.68. The van der Waals surface area contributed by atoms with Gasteiger partial charge in [0.2, 0.25) is 0 Å². The van der Waals surface area contributed by atoms with Crippen LogP contribution in [0, 0.1) is 17.8 Å². The third kappa shape index (κ3) is 6.37. The number of hydrogen-bond acceptors (Lipinski definition) is 3. The number of esters is 1. The molecule has 0 amide bonds. The number of ether oxygens (including phenoxy) is 1. The number of carboxylic acids is 1. The van der Waals surface area contributed by atoms with Crippen molar-refractivity contribution in [3.8, 4) is 0 Å². The number of carbonyl (C=O) groups excluding carboxylic acids is 1. The first-order chi connectivity index (χ1) is 10.2. The highest BCUT2D eigenvalue weighted by atomic mass is 16.6. The molecular formula is C18H32O4. The fraction of sp³-hybridized carbons (Fsp3) is 0.889. The Bertz CT molecular complexity index is 373. The van der Waals surface area contributed by atoms with Gasteiger partial charge in [0.05, 0.1) is 11.8 Å². The van der Waals surface area contributed by atoms with Crippen LogP contribution in [0.5, 0.6) is 0 Å². The molecule has 1 aliphatic rings. The maximum atomic E-state index is 12.4. The van der Waals surface area contributed by atoms with Gasteiger partial charge in [-0.15, -0.1) is 0 Å². The topological polar surface area (TPSA) is 63.6 Å². The van der Waals surface area contributed by atoms with Crippen LogP contribution in [0.2, 0.25) is 0 Å². The lowest BCUT2D eigenvalue weighted by atomic mass is 9.79. The highest BCUT2D eigenvalue weighted by Crippen LogP contribution is 2.33. The van der Waals surface area contributed by atoms with E-state index in [1.54, 1.807) is 0 Å². The quantitative estimate of drug-likeness (QED) is 0.532. The van der Waals surface area contributed by atoms with Gasteiger partial charge in [0.25, 0.3) is 0 Å². The first-order valence-corrected chi connectivity index (χ1v) is 8.68. The van der Waals surface area contributed by atoms with Crippen molar-refractivity contribution in [2.45, 2.75) is 84.7 Å². The summed E-state index contributed by atoms with van der Waals surface area (Å²) in [4.78, 5) is 23.7. The highest BCUT2D eigenvalue weighted by molar-refractivity contribution is 5.81. The van der Waals surface area contributed by atoms with Crippen LogP contribution < -0.4 is 0 Å². The predicted octanol–water partition coefficient (Wildman–Crippen LogP) is 4.42. The summed E-state index contributed by atoms with van der Waals surface area (Å²) in [5, 5.41) is 9.27. The molecular weight excluding hydrogens is 280 g/mol. The molecule has 2 unspecified atom stereocenters. The van der Waals surface area contributed by atoms with Crippen LogP contribution in [0.3, 0.4) is 0 Å². The van der Waals surface area contributed by atoms with Gasteiger partial charge in [-0.25, -0.2) is 0 Å². The summed E-state index contributed by atoms with van der Waals surface area (Å²) < 4.78 is 5.66. The van der Waals surface area contributed by atoms with Crippen LogP contribution in [0.4, 0.5) is 0 Å². The Balaban J connectivity index is 2.48. The Labute approximate surface area is 134 Å². The largest absolute Gasteiger partial charge is 0.481 e. The number of carboxylic acid groups (broad SMARTS) is 1. The molecule has 0 bridgehead atoms. The van der Waals surface area contributed by atoms with Crippen molar-refractivity contribution in [3.05, 3.63) is 0 Å². The summed E-state index contributed by atoms with van der Waals surface area (Å²) in [5.74, 6) is -1.53. The molecule has 0 aromatic heterocycles. The SMILES string of the molecule is CC(C)CCCCC(C)(C)OC(=O)C1CCCCC1C(=O)O. The van der Waals surface area contributed by atoms with Crippen LogP contribution in [0.1, 0.15) is 79.1 Å². The number of carbonyl (C=O) groups is 2. The molecule has 128 valence electrons. The molecule has 0 aromatic carbocycles. The van der Waals surface area contributed by atoms with E-state index in [9.17, 15) is 14.7 Å². The van der Waals surface area contributed by atoms with Crippen LogP contribution in [-0.4, -0.2) is 22.6 Å². The third-order valence-corrected chi connectivity index (χ3v) is 4.57. The molecule has 0 heterocycles. The maximum absolute atomic E-state index is 12.4. The van der Waals surface area contributed by atoms with Crippen LogP contribution in [0.15, 0.2) is 0 Å². The second-order valence-corrected chi connectivity index (χ2v) is 7.66. The van der Waals surface area contributed by atoms with Crippen molar-refractivity contribution in [1.29, 1.82) is 0 Å². The molecule has 1 aliphatic carbocycles. The Morgan fingerprint density at radius 1 is 1.14 bits per heavy atom. The molecule has 0 spiro atoms. The zero-order valence-corrected chi connectivity index (χ0v) is 14.6. The molecule has 0 saturated heterocycles. The molecule has 1 saturated carbocycles. The molecule has 1 fully saturated rings. The van der Waals surface area contributed by atoms with E-state index in [0.717, 1.165) is 32.1 Å². The smallest absolute Gasteiger partial charge is 0.310 e. The normalized spacial score (nSPS) is 22.6. The minimum Gasteiger partial charge on any atom is -0.481 e. The van der Waals surface area contributed by atoms with Crippen molar-refractivity contribution in [3.63, 3.8) is 0 Å². The molecule has 22 heavy (non-hydrogen) atoms. The molecule has 0 aliphatic heterocycles. The molecule has 2 atom stereocenters. The second-order valence-electron chi connectivity index (χ2n) is 7.66. The van der Waals surface area contributed by atoms with Crippen molar-refractivity contribution in [2.24, 2.45) is 17.8 Å². The van der Waals surface area contributed by atoms with Crippen LogP contribution >= 0.6 is 0 Å². The van der Waals surface area contributed by atoms with E-state index in [0.29, 0.717) is 18.8 Å².